The van der Waals surface area contributed by atoms with Crippen molar-refractivity contribution in [2.75, 3.05) is 13.1 Å². The van der Waals surface area contributed by atoms with Gasteiger partial charge in [-0.25, -0.2) is 0 Å². The van der Waals surface area contributed by atoms with Gasteiger partial charge in [0.05, 0.1) is 5.92 Å². The number of carboxylic acid groups (broad SMARTS) is 1. The van der Waals surface area contributed by atoms with Crippen LogP contribution in [0.3, 0.4) is 0 Å². The number of piperidine rings is 1. The summed E-state index contributed by atoms with van der Waals surface area (Å²) in [4.78, 5) is 10.8. The second-order valence-corrected chi connectivity index (χ2v) is 6.82. The molecule has 2 N–H and O–H groups in total. The van der Waals surface area contributed by atoms with Crippen LogP contribution in [-0.2, 0) is 15.0 Å². The van der Waals surface area contributed by atoms with E-state index >= 15 is 0 Å². The average Bonchev–Trinajstić information content (AvgIpc) is 2.39. The first-order chi connectivity index (χ1) is 8.99. The first kappa shape index (κ1) is 14.5. The number of hydrogen-bond acceptors (Lipinski definition) is 3. The molecule has 108 valence electrons. The maximum Gasteiger partial charge on any atom is 0.306 e. The second-order valence-electron chi connectivity index (χ2n) is 5.12. The van der Waals surface area contributed by atoms with E-state index in [9.17, 15) is 13.2 Å². The SMILES string of the molecule is O=C(O)C1CCN(S(=O)(=O)NC2CC=CCC2)CC1. The number of allylic oxidation sites excluding steroid dienone is 1. The summed E-state index contributed by atoms with van der Waals surface area (Å²) < 4.78 is 28.4. The van der Waals surface area contributed by atoms with Crippen LogP contribution in [0, 0.1) is 5.92 Å². The van der Waals surface area contributed by atoms with Crippen LogP contribution in [0.15, 0.2) is 12.2 Å². The highest BCUT2D eigenvalue weighted by atomic mass is 32.2. The van der Waals surface area contributed by atoms with Crippen molar-refractivity contribution in [2.45, 2.75) is 38.1 Å². The molecule has 19 heavy (non-hydrogen) atoms. The minimum Gasteiger partial charge on any atom is -0.481 e. The third-order valence-electron chi connectivity index (χ3n) is 3.73. The minimum absolute atomic E-state index is 0.0350. The summed E-state index contributed by atoms with van der Waals surface area (Å²) in [6, 6.07) is -0.0350. The number of rotatable bonds is 4. The second kappa shape index (κ2) is 6.02. The summed E-state index contributed by atoms with van der Waals surface area (Å²) in [7, 11) is -3.48. The largest absolute Gasteiger partial charge is 0.481 e. The van der Waals surface area contributed by atoms with Crippen LogP contribution in [0.25, 0.3) is 0 Å². The van der Waals surface area contributed by atoms with E-state index in [0.717, 1.165) is 19.3 Å². The first-order valence-corrected chi connectivity index (χ1v) is 8.08. The van der Waals surface area contributed by atoms with Crippen LogP contribution in [0.5, 0.6) is 0 Å². The monoisotopic (exact) mass is 288 g/mol. The third kappa shape index (κ3) is 3.77. The standard InChI is InChI=1S/C12H20N2O4S/c15-12(16)10-6-8-14(9-7-10)19(17,18)13-11-4-2-1-3-5-11/h1-2,10-11,13H,3-9H2,(H,15,16). The molecule has 1 heterocycles. The fraction of sp³-hybridized carbons (Fsp3) is 0.750. The van der Waals surface area contributed by atoms with E-state index in [-0.39, 0.29) is 19.1 Å². The Morgan fingerprint density at radius 3 is 2.42 bits per heavy atom. The summed E-state index contributed by atoms with van der Waals surface area (Å²) in [5, 5.41) is 8.90. The van der Waals surface area contributed by atoms with Gasteiger partial charge in [-0.1, -0.05) is 12.2 Å². The lowest BCUT2D eigenvalue weighted by Crippen LogP contribution is -2.49. The molecule has 0 amide bonds. The van der Waals surface area contributed by atoms with Gasteiger partial charge in [0, 0.05) is 19.1 Å². The Morgan fingerprint density at radius 1 is 1.21 bits per heavy atom. The Kier molecular flexibility index (Phi) is 4.59. The van der Waals surface area contributed by atoms with E-state index in [1.807, 2.05) is 6.08 Å². The molecule has 0 aromatic heterocycles. The lowest BCUT2D eigenvalue weighted by molar-refractivity contribution is -0.142. The van der Waals surface area contributed by atoms with Crippen LogP contribution < -0.4 is 4.72 Å². The maximum atomic E-state index is 12.2. The molecule has 2 aliphatic rings. The van der Waals surface area contributed by atoms with Crippen molar-refractivity contribution in [3.05, 3.63) is 12.2 Å². The Bertz CT molecular complexity index is 452. The van der Waals surface area contributed by atoms with Crippen molar-refractivity contribution >= 4 is 16.2 Å². The van der Waals surface area contributed by atoms with Gasteiger partial charge >= 0.3 is 5.97 Å². The fourth-order valence-corrected chi connectivity index (χ4v) is 4.00. The molecule has 7 heteroatoms. The summed E-state index contributed by atoms with van der Waals surface area (Å²) in [5.74, 6) is -1.24. The first-order valence-electron chi connectivity index (χ1n) is 6.64. The zero-order valence-corrected chi connectivity index (χ0v) is 11.6. The van der Waals surface area contributed by atoms with Crippen LogP contribution in [0.4, 0.5) is 0 Å². The number of aliphatic carboxylic acids is 1. The van der Waals surface area contributed by atoms with Gasteiger partial charge in [-0.05, 0) is 32.1 Å². The van der Waals surface area contributed by atoms with E-state index in [0.29, 0.717) is 12.8 Å². The topological polar surface area (TPSA) is 86.7 Å². The van der Waals surface area contributed by atoms with Crippen molar-refractivity contribution in [3.63, 3.8) is 0 Å². The van der Waals surface area contributed by atoms with Crippen molar-refractivity contribution in [1.29, 1.82) is 0 Å². The molecule has 1 atom stereocenters. The molecule has 0 saturated carbocycles. The molecule has 0 spiro atoms. The smallest absolute Gasteiger partial charge is 0.306 e. The van der Waals surface area contributed by atoms with E-state index < -0.39 is 22.1 Å². The Hall–Kier alpha value is -0.920. The molecule has 6 nitrogen and oxygen atoms in total. The molecule has 1 fully saturated rings. The van der Waals surface area contributed by atoms with E-state index in [1.54, 1.807) is 0 Å². The van der Waals surface area contributed by atoms with Gasteiger partial charge in [-0.3, -0.25) is 4.79 Å². The predicted octanol–water partition coefficient (Wildman–Crippen LogP) is 0.726. The summed E-state index contributed by atoms with van der Waals surface area (Å²) >= 11 is 0. The van der Waals surface area contributed by atoms with Crippen LogP contribution in [0.1, 0.15) is 32.1 Å². The van der Waals surface area contributed by atoms with Crippen LogP contribution in [0.2, 0.25) is 0 Å². The predicted molar refractivity (Wildman–Crippen MR) is 70.8 cm³/mol. The molecule has 2 rings (SSSR count). The van der Waals surface area contributed by atoms with E-state index in [2.05, 4.69) is 10.8 Å². The highest BCUT2D eigenvalue weighted by Gasteiger charge is 2.32. The van der Waals surface area contributed by atoms with Gasteiger partial charge in [0.25, 0.3) is 10.2 Å². The van der Waals surface area contributed by atoms with Crippen molar-refractivity contribution in [3.8, 4) is 0 Å². The van der Waals surface area contributed by atoms with Crippen molar-refractivity contribution < 1.29 is 18.3 Å². The van der Waals surface area contributed by atoms with Gasteiger partial charge in [0.15, 0.2) is 0 Å². The third-order valence-corrected chi connectivity index (χ3v) is 5.40. The molecule has 0 radical (unpaired) electrons. The molecular weight excluding hydrogens is 268 g/mol. The number of carboxylic acids is 1. The summed E-state index contributed by atoms with van der Waals surface area (Å²) in [6.45, 7) is 0.573. The Morgan fingerprint density at radius 2 is 1.89 bits per heavy atom. The zero-order chi connectivity index (χ0) is 13.9. The Labute approximate surface area is 113 Å². The highest BCUT2D eigenvalue weighted by molar-refractivity contribution is 7.87. The van der Waals surface area contributed by atoms with Gasteiger partial charge in [-0.15, -0.1) is 0 Å². The maximum absolute atomic E-state index is 12.2. The number of hydrogen-bond donors (Lipinski definition) is 2. The van der Waals surface area contributed by atoms with Crippen molar-refractivity contribution in [2.24, 2.45) is 5.92 Å². The van der Waals surface area contributed by atoms with E-state index in [1.165, 1.54) is 4.31 Å². The highest BCUT2D eigenvalue weighted by Crippen LogP contribution is 2.20. The molecule has 0 aromatic rings. The molecule has 0 bridgehead atoms. The van der Waals surface area contributed by atoms with Gasteiger partial charge < -0.3 is 5.11 Å². The molecule has 1 saturated heterocycles. The molecule has 1 aliphatic carbocycles. The number of carbonyl (C=O) groups is 1. The number of nitrogens with zero attached hydrogens (tertiary/aromatic N) is 1. The molecule has 1 unspecified atom stereocenters. The number of nitrogens with one attached hydrogen (secondary N) is 1. The van der Waals surface area contributed by atoms with Gasteiger partial charge in [0.2, 0.25) is 0 Å². The fourth-order valence-electron chi connectivity index (χ4n) is 2.53. The molecule has 0 aromatic carbocycles. The normalized spacial score (nSPS) is 26.4. The lowest BCUT2D eigenvalue weighted by atomic mass is 9.99. The lowest BCUT2D eigenvalue weighted by Gasteiger charge is -2.31. The van der Waals surface area contributed by atoms with Crippen LogP contribution >= 0.6 is 0 Å². The van der Waals surface area contributed by atoms with Gasteiger partial charge in [-0.2, -0.15) is 17.4 Å². The zero-order valence-electron chi connectivity index (χ0n) is 10.8. The summed E-state index contributed by atoms with van der Waals surface area (Å²) in [5.41, 5.74) is 0. The molecular formula is C12H20N2O4S. The quantitative estimate of drug-likeness (QED) is 0.747. The molecule has 1 aliphatic heterocycles. The minimum atomic E-state index is -3.48. The van der Waals surface area contributed by atoms with Crippen LogP contribution in [-0.4, -0.2) is 42.9 Å². The summed E-state index contributed by atoms with van der Waals surface area (Å²) in [6.07, 6.45) is 7.28. The average molecular weight is 288 g/mol. The van der Waals surface area contributed by atoms with Gasteiger partial charge in [0.1, 0.15) is 0 Å². The van der Waals surface area contributed by atoms with E-state index in [4.69, 9.17) is 5.11 Å². The van der Waals surface area contributed by atoms with Crippen molar-refractivity contribution in [1.82, 2.24) is 9.03 Å². The Balaban J connectivity index is 1.90.